The molecule has 4 heteroatoms. The van der Waals surface area contributed by atoms with Crippen LogP contribution in [0.5, 0.6) is 0 Å². The van der Waals surface area contributed by atoms with Gasteiger partial charge in [-0.1, -0.05) is 20.8 Å². The van der Waals surface area contributed by atoms with Gasteiger partial charge in [0.2, 0.25) is 5.91 Å². The van der Waals surface area contributed by atoms with E-state index in [2.05, 4.69) is 24.1 Å². The topological polar surface area (TPSA) is 52.6 Å². The Balaban J connectivity index is 2.36. The van der Waals surface area contributed by atoms with Gasteiger partial charge < -0.3 is 15.3 Å². The Morgan fingerprint density at radius 3 is 2.61 bits per heavy atom. The second-order valence-electron chi connectivity index (χ2n) is 6.10. The highest BCUT2D eigenvalue weighted by molar-refractivity contribution is 5.79. The third kappa shape index (κ3) is 4.58. The quantitative estimate of drug-likeness (QED) is 0.748. The predicted octanol–water partition coefficient (Wildman–Crippen LogP) is 1.10. The van der Waals surface area contributed by atoms with Gasteiger partial charge in [-0.05, 0) is 31.7 Å². The fraction of sp³-hybridized carbons (Fsp3) is 0.929. The summed E-state index contributed by atoms with van der Waals surface area (Å²) in [5.74, 6) is 1.04. The van der Waals surface area contributed by atoms with Gasteiger partial charge in [-0.15, -0.1) is 0 Å². The van der Waals surface area contributed by atoms with E-state index in [-0.39, 0.29) is 30.4 Å². The minimum Gasteiger partial charge on any atom is -0.396 e. The molecule has 106 valence electrons. The summed E-state index contributed by atoms with van der Waals surface area (Å²) in [6, 6.07) is 0.0432. The summed E-state index contributed by atoms with van der Waals surface area (Å²) in [5, 5.41) is 12.1. The molecule has 4 nitrogen and oxygen atoms in total. The number of nitrogens with one attached hydrogen (secondary N) is 1. The zero-order chi connectivity index (χ0) is 13.7. The first-order valence-electron chi connectivity index (χ1n) is 7.07. The van der Waals surface area contributed by atoms with Crippen LogP contribution in [0.25, 0.3) is 0 Å². The first-order chi connectivity index (χ1) is 8.43. The van der Waals surface area contributed by atoms with Gasteiger partial charge >= 0.3 is 0 Å². The van der Waals surface area contributed by atoms with Crippen molar-refractivity contribution < 1.29 is 9.90 Å². The van der Waals surface area contributed by atoms with Crippen LogP contribution in [0, 0.1) is 17.8 Å². The molecule has 0 aromatic heterocycles. The lowest BCUT2D eigenvalue weighted by molar-refractivity contribution is -0.125. The molecule has 0 aromatic rings. The fourth-order valence-corrected chi connectivity index (χ4v) is 2.37. The van der Waals surface area contributed by atoms with Gasteiger partial charge in [-0.25, -0.2) is 0 Å². The summed E-state index contributed by atoms with van der Waals surface area (Å²) >= 11 is 0. The van der Waals surface area contributed by atoms with Crippen LogP contribution < -0.4 is 5.32 Å². The van der Waals surface area contributed by atoms with Gasteiger partial charge in [0, 0.05) is 25.7 Å². The second kappa shape index (κ2) is 7.10. The van der Waals surface area contributed by atoms with Crippen LogP contribution in [-0.2, 0) is 4.79 Å². The summed E-state index contributed by atoms with van der Waals surface area (Å²) in [6.07, 6.45) is 0.957. The SMILES string of the molecule is CC(C)CN1CCC(C(=O)NC(C)C(C)CO)C1. The van der Waals surface area contributed by atoms with E-state index in [0.29, 0.717) is 5.92 Å². The smallest absolute Gasteiger partial charge is 0.224 e. The molecule has 0 aliphatic carbocycles. The highest BCUT2D eigenvalue weighted by Crippen LogP contribution is 2.18. The minimum absolute atomic E-state index is 0.0432. The lowest BCUT2D eigenvalue weighted by atomic mass is 10.0. The molecule has 3 atom stereocenters. The van der Waals surface area contributed by atoms with E-state index in [1.165, 1.54) is 0 Å². The van der Waals surface area contributed by atoms with Crippen molar-refractivity contribution in [3.63, 3.8) is 0 Å². The van der Waals surface area contributed by atoms with Crippen molar-refractivity contribution in [1.82, 2.24) is 10.2 Å². The van der Waals surface area contributed by atoms with Gasteiger partial charge in [-0.3, -0.25) is 4.79 Å². The molecule has 0 bridgehead atoms. The van der Waals surface area contributed by atoms with Gasteiger partial charge in [0.05, 0.1) is 5.92 Å². The first kappa shape index (κ1) is 15.4. The van der Waals surface area contributed by atoms with Gasteiger partial charge in [0.25, 0.3) is 0 Å². The zero-order valence-corrected chi connectivity index (χ0v) is 12.1. The number of hydrogen-bond donors (Lipinski definition) is 2. The number of nitrogens with zero attached hydrogens (tertiary/aromatic N) is 1. The van der Waals surface area contributed by atoms with Crippen molar-refractivity contribution >= 4 is 5.91 Å². The Morgan fingerprint density at radius 2 is 2.06 bits per heavy atom. The van der Waals surface area contributed by atoms with E-state index >= 15 is 0 Å². The maximum absolute atomic E-state index is 12.1. The van der Waals surface area contributed by atoms with Crippen molar-refractivity contribution in [2.45, 2.75) is 40.2 Å². The molecule has 1 aliphatic heterocycles. The molecule has 1 fully saturated rings. The molecule has 1 aliphatic rings. The average Bonchev–Trinajstić information content (AvgIpc) is 2.75. The average molecular weight is 256 g/mol. The van der Waals surface area contributed by atoms with E-state index < -0.39 is 0 Å². The van der Waals surface area contributed by atoms with Gasteiger partial charge in [0.15, 0.2) is 0 Å². The number of rotatable bonds is 6. The maximum Gasteiger partial charge on any atom is 0.224 e. The Bertz CT molecular complexity index is 269. The summed E-state index contributed by atoms with van der Waals surface area (Å²) in [6.45, 7) is 11.4. The molecule has 1 amide bonds. The number of carbonyl (C=O) groups excluding carboxylic acids is 1. The van der Waals surface area contributed by atoms with Crippen molar-refractivity contribution in [3.8, 4) is 0 Å². The normalized spacial score (nSPS) is 24.2. The molecule has 0 radical (unpaired) electrons. The number of aliphatic hydroxyl groups excluding tert-OH is 1. The van der Waals surface area contributed by atoms with Gasteiger partial charge in [-0.2, -0.15) is 0 Å². The van der Waals surface area contributed by atoms with Crippen LogP contribution in [0.15, 0.2) is 0 Å². The lowest BCUT2D eigenvalue weighted by Gasteiger charge is -2.22. The Kier molecular flexibility index (Phi) is 6.09. The largest absolute Gasteiger partial charge is 0.396 e. The van der Waals surface area contributed by atoms with E-state index in [1.807, 2.05) is 13.8 Å². The van der Waals surface area contributed by atoms with Crippen LogP contribution >= 0.6 is 0 Å². The van der Waals surface area contributed by atoms with Crippen LogP contribution in [0.1, 0.15) is 34.1 Å². The summed E-state index contributed by atoms with van der Waals surface area (Å²) < 4.78 is 0. The Hall–Kier alpha value is -0.610. The van der Waals surface area contributed by atoms with E-state index in [9.17, 15) is 4.79 Å². The number of likely N-dealkylation sites (tertiary alicyclic amines) is 1. The maximum atomic E-state index is 12.1. The lowest BCUT2D eigenvalue weighted by Crippen LogP contribution is -2.42. The van der Waals surface area contributed by atoms with Crippen LogP contribution in [-0.4, -0.2) is 48.2 Å². The second-order valence-corrected chi connectivity index (χ2v) is 6.10. The third-order valence-electron chi connectivity index (χ3n) is 3.78. The highest BCUT2D eigenvalue weighted by Gasteiger charge is 2.29. The molecule has 1 saturated heterocycles. The van der Waals surface area contributed by atoms with Crippen molar-refractivity contribution in [2.75, 3.05) is 26.2 Å². The monoisotopic (exact) mass is 256 g/mol. The first-order valence-corrected chi connectivity index (χ1v) is 7.07. The number of amides is 1. The zero-order valence-electron chi connectivity index (χ0n) is 12.1. The van der Waals surface area contributed by atoms with E-state index in [1.54, 1.807) is 0 Å². The van der Waals surface area contributed by atoms with Gasteiger partial charge in [0.1, 0.15) is 0 Å². The third-order valence-corrected chi connectivity index (χ3v) is 3.78. The van der Waals surface area contributed by atoms with Crippen LogP contribution in [0.3, 0.4) is 0 Å². The number of hydrogen-bond acceptors (Lipinski definition) is 3. The highest BCUT2D eigenvalue weighted by atomic mass is 16.3. The minimum atomic E-state index is 0.0432. The van der Waals surface area contributed by atoms with E-state index in [0.717, 1.165) is 26.1 Å². The fourth-order valence-electron chi connectivity index (χ4n) is 2.37. The van der Waals surface area contributed by atoms with Crippen molar-refractivity contribution in [2.24, 2.45) is 17.8 Å². The standard InChI is InChI=1S/C14H28N2O2/c1-10(2)7-16-6-5-13(8-16)14(18)15-12(4)11(3)9-17/h10-13,17H,5-9H2,1-4H3,(H,15,18). The summed E-state index contributed by atoms with van der Waals surface area (Å²) in [7, 11) is 0. The molecular weight excluding hydrogens is 228 g/mol. The molecule has 2 N–H and O–H groups in total. The summed E-state index contributed by atoms with van der Waals surface area (Å²) in [4.78, 5) is 14.5. The van der Waals surface area contributed by atoms with Crippen molar-refractivity contribution in [1.29, 1.82) is 0 Å². The molecular formula is C14H28N2O2. The van der Waals surface area contributed by atoms with Crippen LogP contribution in [0.2, 0.25) is 0 Å². The molecule has 0 saturated carbocycles. The van der Waals surface area contributed by atoms with E-state index in [4.69, 9.17) is 5.11 Å². The summed E-state index contributed by atoms with van der Waals surface area (Å²) in [5.41, 5.74) is 0. The Morgan fingerprint density at radius 1 is 1.39 bits per heavy atom. The van der Waals surface area contributed by atoms with Crippen LogP contribution in [0.4, 0.5) is 0 Å². The molecule has 1 rings (SSSR count). The number of carbonyl (C=O) groups is 1. The molecule has 0 spiro atoms. The van der Waals surface area contributed by atoms with Crippen molar-refractivity contribution in [3.05, 3.63) is 0 Å². The molecule has 1 heterocycles. The molecule has 18 heavy (non-hydrogen) atoms. The molecule has 3 unspecified atom stereocenters. The Labute approximate surface area is 111 Å². The molecule has 0 aromatic carbocycles. The number of aliphatic hydroxyl groups is 1. The predicted molar refractivity (Wildman–Crippen MR) is 73.2 cm³/mol.